The predicted octanol–water partition coefficient (Wildman–Crippen LogP) is 7.36. The lowest BCUT2D eigenvalue weighted by atomic mass is 9.92. The molecule has 2 N–H and O–H groups in total. The number of aryl methyl sites for hydroxylation is 1. The number of carbonyl (C=O) groups excluding carboxylic acids is 1. The third-order valence-electron chi connectivity index (χ3n) is 7.10. The molecule has 3 aromatic carbocycles. The maximum atomic E-state index is 12.9. The first-order valence-electron chi connectivity index (χ1n) is 13.8. The van der Waals surface area contributed by atoms with Crippen LogP contribution < -0.4 is 29.6 Å². The minimum Gasteiger partial charge on any atom is -0.493 e. The van der Waals surface area contributed by atoms with Gasteiger partial charge in [-0.05, 0) is 92.3 Å². The van der Waals surface area contributed by atoms with Gasteiger partial charge in [-0.2, -0.15) is 0 Å². The number of nitrogens with one attached hydrogen (secondary N) is 2. The normalized spacial score (nSPS) is 12.3. The van der Waals surface area contributed by atoms with E-state index < -0.39 is 0 Å². The van der Waals surface area contributed by atoms with Crippen molar-refractivity contribution >= 4 is 52.4 Å². The van der Waals surface area contributed by atoms with Crippen LogP contribution in [0.4, 0.5) is 17.1 Å². The van der Waals surface area contributed by atoms with Crippen molar-refractivity contribution in [3.63, 3.8) is 0 Å². The highest BCUT2D eigenvalue weighted by Gasteiger charge is 2.19. The molecule has 0 bridgehead atoms. The van der Waals surface area contributed by atoms with Crippen molar-refractivity contribution in [2.75, 3.05) is 38.6 Å². The third-order valence-corrected chi connectivity index (χ3v) is 7.10. The molecule has 0 unspecified atom stereocenters. The Balaban J connectivity index is 0.00000405. The summed E-state index contributed by atoms with van der Waals surface area (Å²) in [5, 5.41) is 7.57. The fraction of sp³-hybridized carbons (Fsp3) is 0.273. The van der Waals surface area contributed by atoms with Gasteiger partial charge in [-0.25, -0.2) is 0 Å². The number of hydrogen-bond donors (Lipinski definition) is 2. The molecule has 1 aliphatic carbocycles. The van der Waals surface area contributed by atoms with Gasteiger partial charge in [0.1, 0.15) is 0 Å². The Morgan fingerprint density at radius 2 is 1.57 bits per heavy atom. The number of fused-ring (bicyclic) bond motifs is 2. The molecule has 220 valence electrons. The van der Waals surface area contributed by atoms with E-state index in [1.165, 1.54) is 11.6 Å². The molecule has 0 radical (unpaired) electrons. The third kappa shape index (κ3) is 6.71. The Labute approximate surface area is 252 Å². The summed E-state index contributed by atoms with van der Waals surface area (Å²) >= 11 is 0. The van der Waals surface area contributed by atoms with Crippen LogP contribution >= 0.6 is 12.4 Å². The van der Waals surface area contributed by atoms with E-state index in [2.05, 4.69) is 10.6 Å². The van der Waals surface area contributed by atoms with Gasteiger partial charge in [0.25, 0.3) is 0 Å². The summed E-state index contributed by atoms with van der Waals surface area (Å²) in [6.45, 7) is 2.47. The van der Waals surface area contributed by atoms with Crippen LogP contribution in [0, 0.1) is 0 Å². The Kier molecular flexibility index (Phi) is 10.1. The molecule has 8 nitrogen and oxygen atoms in total. The molecule has 0 aliphatic heterocycles. The number of amides is 1. The Morgan fingerprint density at radius 3 is 2.33 bits per heavy atom. The summed E-state index contributed by atoms with van der Waals surface area (Å²) in [7, 11) is 4.84. The zero-order valence-corrected chi connectivity index (χ0v) is 25.1. The quantitative estimate of drug-likeness (QED) is 0.187. The fourth-order valence-electron chi connectivity index (χ4n) is 5.12. The molecular formula is C33H36ClN3O5. The molecule has 4 aromatic rings. The van der Waals surface area contributed by atoms with Crippen LogP contribution in [0.2, 0.25) is 0 Å². The average molecular weight is 590 g/mol. The zero-order chi connectivity index (χ0) is 28.8. The maximum Gasteiger partial charge on any atom is 0.248 e. The van der Waals surface area contributed by atoms with Gasteiger partial charge in [0, 0.05) is 34.6 Å². The van der Waals surface area contributed by atoms with Crippen LogP contribution in [0.1, 0.15) is 36.6 Å². The number of aromatic nitrogens is 1. The lowest BCUT2D eigenvalue weighted by Gasteiger charge is -2.22. The molecule has 0 fully saturated rings. The van der Waals surface area contributed by atoms with E-state index in [0.717, 1.165) is 59.2 Å². The smallest absolute Gasteiger partial charge is 0.248 e. The van der Waals surface area contributed by atoms with Crippen molar-refractivity contribution in [1.82, 2.24) is 4.98 Å². The number of anilines is 3. The molecule has 42 heavy (non-hydrogen) atoms. The monoisotopic (exact) mass is 589 g/mol. The summed E-state index contributed by atoms with van der Waals surface area (Å²) in [6.07, 6.45) is 7.38. The highest BCUT2D eigenvalue weighted by molar-refractivity contribution is 6.04. The summed E-state index contributed by atoms with van der Waals surface area (Å²) in [6, 6.07) is 17.2. The second-order valence-electron chi connectivity index (χ2n) is 9.71. The first kappa shape index (κ1) is 30.5. The summed E-state index contributed by atoms with van der Waals surface area (Å²) in [4.78, 5) is 17.9. The van der Waals surface area contributed by atoms with Crippen molar-refractivity contribution in [1.29, 1.82) is 0 Å². The van der Waals surface area contributed by atoms with E-state index in [4.69, 9.17) is 23.9 Å². The van der Waals surface area contributed by atoms with Crippen LogP contribution in [-0.2, 0) is 17.6 Å². The van der Waals surface area contributed by atoms with Gasteiger partial charge in [0.2, 0.25) is 5.91 Å². The number of nitrogens with zero attached hydrogens (tertiary/aromatic N) is 1. The lowest BCUT2D eigenvalue weighted by molar-refractivity contribution is -0.111. The summed E-state index contributed by atoms with van der Waals surface area (Å²) in [5.41, 5.74) is 6.61. The molecule has 5 rings (SSSR count). The van der Waals surface area contributed by atoms with E-state index >= 15 is 0 Å². The first-order valence-corrected chi connectivity index (χ1v) is 13.8. The second-order valence-corrected chi connectivity index (χ2v) is 9.71. The molecule has 1 amide bonds. The van der Waals surface area contributed by atoms with Crippen LogP contribution in [0.3, 0.4) is 0 Å². The predicted molar refractivity (Wildman–Crippen MR) is 170 cm³/mol. The minimum absolute atomic E-state index is 0. The zero-order valence-electron chi connectivity index (χ0n) is 24.3. The molecule has 1 aliphatic rings. The van der Waals surface area contributed by atoms with Gasteiger partial charge in [-0.3, -0.25) is 9.78 Å². The number of benzene rings is 3. The molecule has 9 heteroatoms. The standard InChI is InChI=1S/C33H35N3O5.ClH/c1-5-41-29-15-10-21(18-30(29)39-3)11-17-32(37)34-22-12-14-27-25(19-22)33(24-8-6-7-9-26(24)36-27)35-23-13-16-28(38-2)31(20-23)40-4;/h10-20H,5-9H2,1-4H3,(H,34,37)(H,35,36);1H/b17-11+;. The van der Waals surface area contributed by atoms with Crippen LogP contribution in [-0.4, -0.2) is 38.8 Å². The Bertz CT molecular complexity index is 1600. The van der Waals surface area contributed by atoms with Gasteiger partial charge >= 0.3 is 0 Å². The molecule has 1 aromatic heterocycles. The van der Waals surface area contributed by atoms with Gasteiger partial charge in [0.05, 0.1) is 39.1 Å². The highest BCUT2D eigenvalue weighted by atomic mass is 35.5. The van der Waals surface area contributed by atoms with E-state index in [-0.39, 0.29) is 18.3 Å². The van der Waals surface area contributed by atoms with Gasteiger partial charge < -0.3 is 29.6 Å². The van der Waals surface area contributed by atoms with Crippen molar-refractivity contribution in [3.05, 3.63) is 77.5 Å². The minimum atomic E-state index is -0.238. The van der Waals surface area contributed by atoms with Crippen molar-refractivity contribution in [3.8, 4) is 23.0 Å². The van der Waals surface area contributed by atoms with Gasteiger partial charge in [-0.15, -0.1) is 12.4 Å². The number of methoxy groups -OCH3 is 3. The van der Waals surface area contributed by atoms with E-state index in [1.807, 2.05) is 61.5 Å². The lowest BCUT2D eigenvalue weighted by Crippen LogP contribution is -2.11. The van der Waals surface area contributed by atoms with Crippen molar-refractivity contribution < 1.29 is 23.7 Å². The molecule has 1 heterocycles. The number of halogens is 1. The second kappa shape index (κ2) is 14.0. The fourth-order valence-corrected chi connectivity index (χ4v) is 5.12. The van der Waals surface area contributed by atoms with E-state index in [1.54, 1.807) is 27.4 Å². The summed E-state index contributed by atoms with van der Waals surface area (Å²) in [5.74, 6) is 2.36. The number of pyridine rings is 1. The molecule has 0 saturated carbocycles. The maximum absolute atomic E-state index is 12.9. The molecule has 0 atom stereocenters. The topological polar surface area (TPSA) is 90.9 Å². The summed E-state index contributed by atoms with van der Waals surface area (Å²) < 4.78 is 21.9. The largest absolute Gasteiger partial charge is 0.493 e. The van der Waals surface area contributed by atoms with E-state index in [9.17, 15) is 4.79 Å². The van der Waals surface area contributed by atoms with Gasteiger partial charge in [-0.1, -0.05) is 6.07 Å². The Morgan fingerprint density at radius 1 is 0.857 bits per heavy atom. The first-order chi connectivity index (χ1) is 20.0. The van der Waals surface area contributed by atoms with E-state index in [0.29, 0.717) is 35.3 Å². The van der Waals surface area contributed by atoms with Crippen LogP contribution in [0.5, 0.6) is 23.0 Å². The highest BCUT2D eigenvalue weighted by Crippen LogP contribution is 2.38. The number of carbonyl (C=O) groups is 1. The van der Waals surface area contributed by atoms with Gasteiger partial charge in [0.15, 0.2) is 23.0 Å². The Hall–Kier alpha value is -4.43. The number of rotatable bonds is 10. The average Bonchev–Trinajstić information content (AvgIpc) is 3.00. The van der Waals surface area contributed by atoms with Crippen LogP contribution in [0.25, 0.3) is 17.0 Å². The number of ether oxygens (including phenoxy) is 4. The molecule has 0 spiro atoms. The SMILES string of the molecule is CCOc1ccc(/C=C/C(=O)Nc2ccc3nc4c(c(Nc5ccc(OC)c(OC)c5)c3c2)CCCC4)cc1OC.Cl. The molecule has 0 saturated heterocycles. The number of hydrogen-bond acceptors (Lipinski definition) is 7. The van der Waals surface area contributed by atoms with Crippen molar-refractivity contribution in [2.45, 2.75) is 32.6 Å². The molecular weight excluding hydrogens is 554 g/mol. The van der Waals surface area contributed by atoms with Crippen LogP contribution in [0.15, 0.2) is 60.7 Å². The van der Waals surface area contributed by atoms with Crippen molar-refractivity contribution in [2.24, 2.45) is 0 Å².